The van der Waals surface area contributed by atoms with Crippen LogP contribution in [0, 0.1) is 11.3 Å². The van der Waals surface area contributed by atoms with Gasteiger partial charge in [-0.2, -0.15) is 5.26 Å². The lowest BCUT2D eigenvalue weighted by Crippen LogP contribution is -2.21. The number of nitrogens with two attached hydrogens (primary N) is 1. The molecule has 0 fully saturated rings. The van der Waals surface area contributed by atoms with Gasteiger partial charge in [0, 0.05) is 17.7 Å². The molecule has 2 N–H and O–H groups in total. The van der Waals surface area contributed by atoms with Gasteiger partial charge < -0.3 is 24.7 Å². The number of methoxy groups -OCH3 is 1. The van der Waals surface area contributed by atoms with Crippen molar-refractivity contribution in [3.63, 3.8) is 0 Å². The Balaban J connectivity index is 1.52. The first kappa shape index (κ1) is 31.2. The summed E-state index contributed by atoms with van der Waals surface area (Å²) in [5.74, 6) is 0.896. The molecule has 1 atom stereocenters. The molecule has 0 aliphatic carbocycles. The van der Waals surface area contributed by atoms with Gasteiger partial charge in [-0.15, -0.1) is 0 Å². The molecule has 3 aromatic rings. The van der Waals surface area contributed by atoms with Gasteiger partial charge in [0.2, 0.25) is 5.88 Å². The first-order valence-electron chi connectivity index (χ1n) is 14.7. The second kappa shape index (κ2) is 14.0. The maximum Gasteiger partial charge on any atom is 0.336 e. The van der Waals surface area contributed by atoms with Gasteiger partial charge in [0.05, 0.1) is 19.6 Å². The maximum atomic E-state index is 12.6. The molecule has 0 bridgehead atoms. The van der Waals surface area contributed by atoms with Gasteiger partial charge >= 0.3 is 5.97 Å². The molecule has 0 spiro atoms. The quantitative estimate of drug-likeness (QED) is 0.107. The number of nitrogens with zero attached hydrogens (tertiary/aromatic N) is 1. The standard InChI is InChI=1S/C36H40N2O5/c1-6-7-8-9-20-41-30-18-13-25(21-32(30)40-5)34-28-17-16-27(22-31(28)43-35(38)29(34)23-37)42-33(39)19-12-24-10-14-26(15-11-24)36(2,3)4/h10-19,21-22,34H,6-9,20,38H2,1-5H3/b19-12+. The topological polar surface area (TPSA) is 104 Å². The van der Waals surface area contributed by atoms with Gasteiger partial charge in [-0.05, 0) is 52.8 Å². The lowest BCUT2D eigenvalue weighted by Gasteiger charge is -2.27. The number of ether oxygens (including phenoxy) is 4. The molecular weight excluding hydrogens is 540 g/mol. The lowest BCUT2D eigenvalue weighted by molar-refractivity contribution is -0.128. The Morgan fingerprint density at radius 2 is 1.79 bits per heavy atom. The summed E-state index contributed by atoms with van der Waals surface area (Å²) in [4.78, 5) is 12.6. The first-order chi connectivity index (χ1) is 20.6. The number of allylic oxidation sites excluding steroid dienone is 1. The molecule has 3 aromatic carbocycles. The van der Waals surface area contributed by atoms with E-state index in [1.54, 1.807) is 31.4 Å². The first-order valence-corrected chi connectivity index (χ1v) is 14.7. The van der Waals surface area contributed by atoms with Crippen LogP contribution in [0.1, 0.15) is 81.5 Å². The molecule has 7 nitrogen and oxygen atoms in total. The van der Waals surface area contributed by atoms with E-state index in [0.717, 1.165) is 36.0 Å². The van der Waals surface area contributed by atoms with Gasteiger partial charge in [-0.25, -0.2) is 4.79 Å². The Morgan fingerprint density at radius 3 is 2.47 bits per heavy atom. The normalized spacial score (nSPS) is 14.6. The average molecular weight is 581 g/mol. The van der Waals surface area contributed by atoms with Crippen molar-refractivity contribution in [3.8, 4) is 29.1 Å². The molecule has 1 aliphatic rings. The Hall–Kier alpha value is -4.70. The van der Waals surface area contributed by atoms with E-state index in [2.05, 4.69) is 45.9 Å². The second-order valence-corrected chi connectivity index (χ2v) is 11.6. The number of carbonyl (C=O) groups is 1. The van der Waals surface area contributed by atoms with Crippen molar-refractivity contribution in [2.45, 2.75) is 64.7 Å². The van der Waals surface area contributed by atoms with Crippen LogP contribution in [0.25, 0.3) is 6.08 Å². The zero-order chi connectivity index (χ0) is 31.0. The minimum Gasteiger partial charge on any atom is -0.493 e. The molecule has 0 radical (unpaired) electrons. The Kier molecular flexibility index (Phi) is 10.2. The number of hydrogen-bond acceptors (Lipinski definition) is 7. The highest BCUT2D eigenvalue weighted by molar-refractivity contribution is 5.88. The van der Waals surface area contributed by atoms with E-state index in [0.29, 0.717) is 29.6 Å². The molecule has 1 heterocycles. The minimum atomic E-state index is -0.525. The number of hydrogen-bond donors (Lipinski definition) is 1. The highest BCUT2D eigenvalue weighted by Crippen LogP contribution is 2.45. The van der Waals surface area contributed by atoms with E-state index in [1.165, 1.54) is 18.1 Å². The summed E-state index contributed by atoms with van der Waals surface area (Å²) < 4.78 is 23.0. The van der Waals surface area contributed by atoms with Gasteiger partial charge in [-0.1, -0.05) is 83.4 Å². The summed E-state index contributed by atoms with van der Waals surface area (Å²) in [5.41, 5.74) is 10.2. The molecular formula is C36H40N2O5. The molecule has 0 amide bonds. The molecule has 7 heteroatoms. The fourth-order valence-electron chi connectivity index (χ4n) is 4.94. The zero-order valence-electron chi connectivity index (χ0n) is 25.6. The van der Waals surface area contributed by atoms with E-state index in [1.807, 2.05) is 30.3 Å². The van der Waals surface area contributed by atoms with Crippen molar-refractivity contribution in [1.82, 2.24) is 0 Å². The molecule has 4 rings (SSSR count). The van der Waals surface area contributed by atoms with Crippen LogP contribution in [0.2, 0.25) is 0 Å². The number of esters is 1. The Bertz CT molecular complexity index is 1540. The van der Waals surface area contributed by atoms with E-state index in [4.69, 9.17) is 24.7 Å². The summed E-state index contributed by atoms with van der Waals surface area (Å²) >= 11 is 0. The lowest BCUT2D eigenvalue weighted by atomic mass is 9.83. The summed E-state index contributed by atoms with van der Waals surface area (Å²) in [6.07, 6.45) is 7.53. The fraction of sp³-hybridized carbons (Fsp3) is 0.333. The Labute approximate surface area is 254 Å². The third-order valence-corrected chi connectivity index (χ3v) is 7.37. The van der Waals surface area contributed by atoms with Crippen LogP contribution in [0.5, 0.6) is 23.0 Å². The van der Waals surface area contributed by atoms with Gasteiger partial charge in [-0.3, -0.25) is 0 Å². The van der Waals surface area contributed by atoms with E-state index in [-0.39, 0.29) is 16.9 Å². The largest absolute Gasteiger partial charge is 0.493 e. The van der Waals surface area contributed by atoms with E-state index >= 15 is 0 Å². The number of benzene rings is 3. The highest BCUT2D eigenvalue weighted by atomic mass is 16.5. The summed E-state index contributed by atoms with van der Waals surface area (Å²) in [7, 11) is 1.59. The monoisotopic (exact) mass is 580 g/mol. The zero-order valence-corrected chi connectivity index (χ0v) is 25.6. The SMILES string of the molecule is CCCCCCOc1ccc(C2C(C#N)=C(N)Oc3cc(OC(=O)/C=C/c4ccc(C(C)(C)C)cc4)ccc32)cc1OC. The number of nitriles is 1. The number of rotatable bonds is 11. The highest BCUT2D eigenvalue weighted by Gasteiger charge is 2.31. The number of carbonyl (C=O) groups excluding carboxylic acids is 1. The van der Waals surface area contributed by atoms with Crippen LogP contribution < -0.4 is 24.7 Å². The van der Waals surface area contributed by atoms with Crippen molar-refractivity contribution >= 4 is 12.0 Å². The molecule has 0 saturated heterocycles. The van der Waals surface area contributed by atoms with Crippen LogP contribution in [-0.2, 0) is 10.2 Å². The summed E-state index contributed by atoms with van der Waals surface area (Å²) in [6.45, 7) is 9.24. The molecule has 0 saturated carbocycles. The third-order valence-electron chi connectivity index (χ3n) is 7.37. The number of fused-ring (bicyclic) bond motifs is 1. The maximum absolute atomic E-state index is 12.6. The van der Waals surface area contributed by atoms with Gasteiger partial charge in [0.1, 0.15) is 23.1 Å². The minimum absolute atomic E-state index is 0.00251. The van der Waals surface area contributed by atoms with Crippen LogP contribution >= 0.6 is 0 Å². The van der Waals surface area contributed by atoms with Crippen molar-refractivity contribution in [2.24, 2.45) is 5.73 Å². The third kappa shape index (κ3) is 7.78. The van der Waals surface area contributed by atoms with Crippen LogP contribution in [0.3, 0.4) is 0 Å². The molecule has 1 unspecified atom stereocenters. The van der Waals surface area contributed by atoms with Crippen molar-refractivity contribution < 1.29 is 23.7 Å². The predicted molar refractivity (Wildman–Crippen MR) is 168 cm³/mol. The summed E-state index contributed by atoms with van der Waals surface area (Å²) in [5, 5.41) is 9.97. The van der Waals surface area contributed by atoms with Crippen molar-refractivity contribution in [2.75, 3.05) is 13.7 Å². The average Bonchev–Trinajstić information content (AvgIpc) is 2.99. The van der Waals surface area contributed by atoms with Crippen LogP contribution in [0.15, 0.2) is 78.2 Å². The summed E-state index contributed by atoms with van der Waals surface area (Å²) in [6, 6.07) is 21.0. The van der Waals surface area contributed by atoms with Crippen molar-refractivity contribution in [1.29, 1.82) is 5.26 Å². The number of unbranched alkanes of at least 4 members (excludes halogenated alkanes) is 3. The molecule has 0 aromatic heterocycles. The predicted octanol–water partition coefficient (Wildman–Crippen LogP) is 7.79. The smallest absolute Gasteiger partial charge is 0.336 e. The van der Waals surface area contributed by atoms with Gasteiger partial charge in [0.15, 0.2) is 11.5 Å². The second-order valence-electron chi connectivity index (χ2n) is 11.6. The van der Waals surface area contributed by atoms with Crippen molar-refractivity contribution in [3.05, 3.63) is 100 Å². The molecule has 224 valence electrons. The molecule has 43 heavy (non-hydrogen) atoms. The van der Waals surface area contributed by atoms with E-state index < -0.39 is 11.9 Å². The van der Waals surface area contributed by atoms with Crippen LogP contribution in [0.4, 0.5) is 0 Å². The Morgan fingerprint density at radius 1 is 1.02 bits per heavy atom. The van der Waals surface area contributed by atoms with Gasteiger partial charge in [0.25, 0.3) is 0 Å². The fourth-order valence-corrected chi connectivity index (χ4v) is 4.94. The molecule has 1 aliphatic heterocycles. The van der Waals surface area contributed by atoms with Crippen LogP contribution in [-0.4, -0.2) is 19.7 Å². The van der Waals surface area contributed by atoms with E-state index in [9.17, 15) is 10.1 Å².